The number of rotatable bonds is 6. The van der Waals surface area contributed by atoms with Crippen molar-refractivity contribution in [2.75, 3.05) is 0 Å². The Morgan fingerprint density at radius 3 is 2.18 bits per heavy atom. The quantitative estimate of drug-likeness (QED) is 0.823. The standard InChI is InChI=1S/C16H16ClNO3S/c17-15(11-6-12-4-2-1-3-5-12)22(20,21)14-9-7-13(8-10-14)16(18)19/h1-5,7-10,15H,6,11H2,(H2,18,19). The van der Waals surface area contributed by atoms with Gasteiger partial charge in [0.2, 0.25) is 5.91 Å². The number of amides is 1. The van der Waals surface area contributed by atoms with E-state index in [1.54, 1.807) is 0 Å². The molecule has 22 heavy (non-hydrogen) atoms. The van der Waals surface area contributed by atoms with Crippen LogP contribution < -0.4 is 5.73 Å². The summed E-state index contributed by atoms with van der Waals surface area (Å²) in [4.78, 5) is 11.1. The fourth-order valence-electron chi connectivity index (χ4n) is 2.04. The van der Waals surface area contributed by atoms with E-state index in [0.29, 0.717) is 12.8 Å². The maximum absolute atomic E-state index is 12.4. The van der Waals surface area contributed by atoms with Gasteiger partial charge in [0.15, 0.2) is 9.84 Å². The molecule has 0 spiro atoms. The van der Waals surface area contributed by atoms with Gasteiger partial charge in [-0.1, -0.05) is 30.3 Å². The van der Waals surface area contributed by atoms with Crippen LogP contribution in [0.1, 0.15) is 22.3 Å². The Morgan fingerprint density at radius 1 is 1.05 bits per heavy atom. The van der Waals surface area contributed by atoms with Crippen LogP contribution in [0.2, 0.25) is 0 Å². The zero-order chi connectivity index (χ0) is 16.2. The smallest absolute Gasteiger partial charge is 0.248 e. The summed E-state index contributed by atoms with van der Waals surface area (Å²) in [5.74, 6) is -0.601. The summed E-state index contributed by atoms with van der Waals surface area (Å²) >= 11 is 6.08. The van der Waals surface area contributed by atoms with E-state index in [4.69, 9.17) is 17.3 Å². The highest BCUT2D eigenvalue weighted by Gasteiger charge is 2.25. The molecule has 0 aromatic heterocycles. The normalized spacial score (nSPS) is 12.8. The topological polar surface area (TPSA) is 77.2 Å². The predicted octanol–water partition coefficient (Wildman–Crippen LogP) is 2.76. The van der Waals surface area contributed by atoms with Crippen LogP contribution >= 0.6 is 11.6 Å². The van der Waals surface area contributed by atoms with Crippen molar-refractivity contribution in [1.29, 1.82) is 0 Å². The first-order chi connectivity index (χ1) is 10.4. The van der Waals surface area contributed by atoms with Crippen LogP contribution in [0.4, 0.5) is 0 Å². The highest BCUT2D eigenvalue weighted by Crippen LogP contribution is 2.23. The van der Waals surface area contributed by atoms with Gasteiger partial charge in [0.25, 0.3) is 0 Å². The monoisotopic (exact) mass is 337 g/mol. The number of alkyl halides is 1. The average Bonchev–Trinajstić information content (AvgIpc) is 2.53. The number of halogens is 1. The summed E-state index contributed by atoms with van der Waals surface area (Å²) in [6.45, 7) is 0. The minimum absolute atomic E-state index is 0.0885. The predicted molar refractivity (Wildman–Crippen MR) is 86.5 cm³/mol. The van der Waals surface area contributed by atoms with E-state index in [0.717, 1.165) is 5.56 Å². The molecule has 1 amide bonds. The Balaban J connectivity index is 2.10. The van der Waals surface area contributed by atoms with Gasteiger partial charge < -0.3 is 5.73 Å². The van der Waals surface area contributed by atoms with Crippen LogP contribution in [-0.2, 0) is 16.3 Å². The fourth-order valence-corrected chi connectivity index (χ4v) is 3.69. The molecule has 0 fully saturated rings. The first-order valence-corrected chi connectivity index (χ1v) is 8.71. The van der Waals surface area contributed by atoms with Crippen LogP contribution in [0.25, 0.3) is 0 Å². The molecule has 0 saturated heterocycles. The minimum Gasteiger partial charge on any atom is -0.366 e. The summed E-state index contributed by atoms with van der Waals surface area (Å²) in [6.07, 6.45) is 0.888. The molecule has 6 heteroatoms. The number of primary amides is 1. The van der Waals surface area contributed by atoms with Gasteiger partial charge in [-0.3, -0.25) is 4.79 Å². The third kappa shape index (κ3) is 3.87. The minimum atomic E-state index is -3.64. The van der Waals surface area contributed by atoms with Gasteiger partial charge in [0.05, 0.1) is 4.90 Å². The van der Waals surface area contributed by atoms with Crippen molar-refractivity contribution in [2.24, 2.45) is 5.73 Å². The lowest BCUT2D eigenvalue weighted by Crippen LogP contribution is -2.17. The molecule has 2 N–H and O–H groups in total. The summed E-state index contributed by atoms with van der Waals surface area (Å²) in [7, 11) is -3.64. The molecule has 0 aliphatic carbocycles. The fraction of sp³-hybridized carbons (Fsp3) is 0.188. The SMILES string of the molecule is NC(=O)c1ccc(S(=O)(=O)C(Cl)CCc2ccccc2)cc1. The van der Waals surface area contributed by atoms with E-state index in [1.165, 1.54) is 24.3 Å². The van der Waals surface area contributed by atoms with Gasteiger partial charge in [-0.25, -0.2) is 8.42 Å². The number of hydrogen-bond donors (Lipinski definition) is 1. The van der Waals surface area contributed by atoms with Crippen LogP contribution in [0.3, 0.4) is 0 Å². The largest absolute Gasteiger partial charge is 0.366 e. The van der Waals surface area contributed by atoms with Gasteiger partial charge in [-0.15, -0.1) is 11.6 Å². The Morgan fingerprint density at radius 2 is 1.64 bits per heavy atom. The van der Waals surface area contributed by atoms with E-state index in [2.05, 4.69) is 0 Å². The summed E-state index contributed by atoms with van der Waals surface area (Å²) in [6, 6.07) is 15.0. The second kappa shape index (κ2) is 6.94. The summed E-state index contributed by atoms with van der Waals surface area (Å²) in [5.41, 5.74) is 6.42. The van der Waals surface area contributed by atoms with Crippen molar-refractivity contribution in [2.45, 2.75) is 22.4 Å². The number of carbonyl (C=O) groups is 1. The van der Waals surface area contributed by atoms with Crippen LogP contribution in [0.15, 0.2) is 59.5 Å². The lowest BCUT2D eigenvalue weighted by Gasteiger charge is -2.11. The molecule has 116 valence electrons. The molecular formula is C16H16ClNO3S. The van der Waals surface area contributed by atoms with Crippen molar-refractivity contribution >= 4 is 27.3 Å². The van der Waals surface area contributed by atoms with Gasteiger partial charge in [0.1, 0.15) is 4.71 Å². The zero-order valence-corrected chi connectivity index (χ0v) is 13.3. The molecule has 0 aliphatic heterocycles. The second-order valence-corrected chi connectivity index (χ2v) is 7.78. The van der Waals surface area contributed by atoms with E-state index >= 15 is 0 Å². The Hall–Kier alpha value is -1.85. The molecule has 0 bridgehead atoms. The summed E-state index contributed by atoms with van der Waals surface area (Å²) < 4.78 is 23.8. The third-order valence-electron chi connectivity index (χ3n) is 3.31. The summed E-state index contributed by atoms with van der Waals surface area (Å²) in [5, 5.41) is 0. The van der Waals surface area contributed by atoms with Gasteiger partial charge in [0, 0.05) is 5.56 Å². The number of sulfone groups is 1. The van der Waals surface area contributed by atoms with Crippen LogP contribution in [0.5, 0.6) is 0 Å². The molecule has 2 rings (SSSR count). The second-order valence-electron chi connectivity index (χ2n) is 4.87. The van der Waals surface area contributed by atoms with Gasteiger partial charge >= 0.3 is 0 Å². The average molecular weight is 338 g/mol. The third-order valence-corrected chi connectivity index (χ3v) is 6.07. The van der Waals surface area contributed by atoms with Crippen molar-refractivity contribution < 1.29 is 13.2 Å². The number of hydrogen-bond acceptors (Lipinski definition) is 3. The van der Waals surface area contributed by atoms with Crippen molar-refractivity contribution in [3.63, 3.8) is 0 Å². The molecule has 1 unspecified atom stereocenters. The molecule has 2 aromatic rings. The Kier molecular flexibility index (Phi) is 5.21. The van der Waals surface area contributed by atoms with Crippen LogP contribution in [-0.4, -0.2) is 19.0 Å². The van der Waals surface area contributed by atoms with Crippen molar-refractivity contribution in [3.8, 4) is 0 Å². The van der Waals surface area contributed by atoms with E-state index in [-0.39, 0.29) is 10.5 Å². The Bertz CT molecular complexity index is 743. The molecule has 1 atom stereocenters. The molecule has 0 heterocycles. The molecular weight excluding hydrogens is 322 g/mol. The lowest BCUT2D eigenvalue weighted by molar-refractivity contribution is 0.1000. The molecule has 4 nitrogen and oxygen atoms in total. The number of aryl methyl sites for hydroxylation is 1. The Labute approximate surface area is 134 Å². The van der Waals surface area contributed by atoms with E-state index in [1.807, 2.05) is 30.3 Å². The van der Waals surface area contributed by atoms with Crippen LogP contribution in [0, 0.1) is 0 Å². The maximum atomic E-state index is 12.4. The van der Waals surface area contributed by atoms with E-state index < -0.39 is 20.5 Å². The van der Waals surface area contributed by atoms with Gasteiger partial charge in [-0.2, -0.15) is 0 Å². The number of benzene rings is 2. The van der Waals surface area contributed by atoms with Crippen molar-refractivity contribution in [3.05, 3.63) is 65.7 Å². The number of carbonyl (C=O) groups excluding carboxylic acids is 1. The molecule has 0 aliphatic rings. The van der Waals surface area contributed by atoms with E-state index in [9.17, 15) is 13.2 Å². The molecule has 2 aromatic carbocycles. The first-order valence-electron chi connectivity index (χ1n) is 6.73. The van der Waals surface area contributed by atoms with Gasteiger partial charge in [-0.05, 0) is 42.7 Å². The van der Waals surface area contributed by atoms with Crippen molar-refractivity contribution in [1.82, 2.24) is 0 Å². The maximum Gasteiger partial charge on any atom is 0.248 e. The molecule has 0 saturated carbocycles. The number of nitrogens with two attached hydrogens (primary N) is 1. The highest BCUT2D eigenvalue weighted by molar-refractivity contribution is 7.93. The zero-order valence-electron chi connectivity index (χ0n) is 11.8. The lowest BCUT2D eigenvalue weighted by atomic mass is 10.1. The molecule has 0 radical (unpaired) electrons. The first kappa shape index (κ1) is 16.5. The highest BCUT2D eigenvalue weighted by atomic mass is 35.5.